The zero-order chi connectivity index (χ0) is 37.0. The molecular formula is C51H31N3O2. The number of benzene rings is 7. The van der Waals surface area contributed by atoms with Gasteiger partial charge in [-0.3, -0.25) is 4.98 Å². The van der Waals surface area contributed by atoms with Crippen molar-refractivity contribution in [2.75, 3.05) is 0 Å². The zero-order valence-corrected chi connectivity index (χ0v) is 30.1. The molecule has 7 aromatic carbocycles. The average molecular weight is 718 g/mol. The molecule has 4 aromatic heterocycles. The summed E-state index contributed by atoms with van der Waals surface area (Å²) in [5, 5.41) is 4.32. The highest BCUT2D eigenvalue weighted by atomic mass is 16.3. The van der Waals surface area contributed by atoms with E-state index in [0.717, 1.165) is 105 Å². The minimum atomic E-state index is 0.618. The van der Waals surface area contributed by atoms with Crippen LogP contribution in [0.2, 0.25) is 0 Å². The topological polar surface area (TPSA) is 65.0 Å². The van der Waals surface area contributed by atoms with Gasteiger partial charge >= 0.3 is 0 Å². The average Bonchev–Trinajstić information content (AvgIpc) is 3.86. The lowest BCUT2D eigenvalue weighted by Crippen LogP contribution is -1.97. The third-order valence-corrected chi connectivity index (χ3v) is 10.6. The highest BCUT2D eigenvalue weighted by Crippen LogP contribution is 2.42. The van der Waals surface area contributed by atoms with Crippen LogP contribution in [0.3, 0.4) is 0 Å². The van der Waals surface area contributed by atoms with Crippen molar-refractivity contribution in [2.45, 2.75) is 0 Å². The van der Waals surface area contributed by atoms with Gasteiger partial charge in [0.15, 0.2) is 5.82 Å². The Labute approximate surface area is 322 Å². The van der Waals surface area contributed by atoms with E-state index in [4.69, 9.17) is 18.8 Å². The molecule has 5 heteroatoms. The third kappa shape index (κ3) is 5.45. The van der Waals surface area contributed by atoms with Crippen LogP contribution in [-0.2, 0) is 0 Å². The smallest absolute Gasteiger partial charge is 0.160 e. The van der Waals surface area contributed by atoms with Crippen molar-refractivity contribution in [2.24, 2.45) is 0 Å². The predicted octanol–water partition coefficient (Wildman–Crippen LogP) is 13.7. The van der Waals surface area contributed by atoms with E-state index in [-0.39, 0.29) is 0 Å². The number of nitrogens with zero attached hydrogens (tertiary/aromatic N) is 3. The maximum absolute atomic E-state index is 6.59. The van der Waals surface area contributed by atoms with E-state index in [0.29, 0.717) is 5.82 Å². The molecule has 4 heterocycles. The minimum absolute atomic E-state index is 0.618. The van der Waals surface area contributed by atoms with E-state index in [1.165, 1.54) is 0 Å². The lowest BCUT2D eigenvalue weighted by atomic mass is 9.93. The molecule has 56 heavy (non-hydrogen) atoms. The first-order valence-corrected chi connectivity index (χ1v) is 18.7. The largest absolute Gasteiger partial charge is 0.455 e. The van der Waals surface area contributed by atoms with Gasteiger partial charge in [-0.15, -0.1) is 0 Å². The summed E-state index contributed by atoms with van der Waals surface area (Å²) in [4.78, 5) is 14.8. The molecule has 0 atom stereocenters. The summed E-state index contributed by atoms with van der Waals surface area (Å²) in [7, 11) is 0. The molecular weight excluding hydrogens is 687 g/mol. The Balaban J connectivity index is 1.17. The second-order valence-electron chi connectivity index (χ2n) is 14.0. The van der Waals surface area contributed by atoms with Crippen LogP contribution < -0.4 is 0 Å². The fraction of sp³-hybridized carbons (Fsp3) is 0. The Morgan fingerprint density at radius 3 is 1.45 bits per heavy atom. The van der Waals surface area contributed by atoms with Gasteiger partial charge in [-0.25, -0.2) is 9.97 Å². The van der Waals surface area contributed by atoms with Crippen molar-refractivity contribution in [3.63, 3.8) is 0 Å². The van der Waals surface area contributed by atoms with E-state index in [1.807, 2.05) is 67.0 Å². The Kier molecular flexibility index (Phi) is 7.42. The van der Waals surface area contributed by atoms with Gasteiger partial charge in [0.2, 0.25) is 0 Å². The highest BCUT2D eigenvalue weighted by Gasteiger charge is 2.19. The van der Waals surface area contributed by atoms with Gasteiger partial charge in [-0.1, -0.05) is 121 Å². The number of rotatable bonds is 6. The lowest BCUT2D eigenvalue weighted by Gasteiger charge is -2.14. The van der Waals surface area contributed by atoms with Gasteiger partial charge in [0.1, 0.15) is 22.3 Å². The van der Waals surface area contributed by atoms with Gasteiger partial charge in [-0.2, -0.15) is 0 Å². The molecule has 0 unspecified atom stereocenters. The molecule has 11 aromatic rings. The van der Waals surface area contributed by atoms with Gasteiger partial charge in [0.25, 0.3) is 0 Å². The first-order chi connectivity index (χ1) is 27.7. The van der Waals surface area contributed by atoms with E-state index in [1.54, 1.807) is 0 Å². The van der Waals surface area contributed by atoms with Crippen LogP contribution in [-0.4, -0.2) is 15.0 Å². The highest BCUT2D eigenvalue weighted by molar-refractivity contribution is 6.11. The molecule has 262 valence electrons. The standard InChI is InChI=1S/C51H31N3O2/c1-2-11-33(12-3-1)45-31-46(35-14-8-13-34(27-35)32-23-25-52-26-24-32)54-51(53-45)38-29-36(39-17-9-19-43-41-15-4-6-21-47(41)55-49(39)43)28-37(30-38)40-18-10-20-44-42-16-5-7-22-48(42)56-50(40)44/h1-31H. The molecule has 0 aliphatic rings. The number of furan rings is 2. The van der Waals surface area contributed by atoms with Gasteiger partial charge in [0, 0.05) is 61.8 Å². The fourth-order valence-electron chi connectivity index (χ4n) is 7.90. The summed E-state index contributed by atoms with van der Waals surface area (Å²) >= 11 is 0. The number of pyridine rings is 1. The van der Waals surface area contributed by atoms with Crippen LogP contribution >= 0.6 is 0 Å². The number of hydrogen-bond acceptors (Lipinski definition) is 5. The zero-order valence-electron chi connectivity index (χ0n) is 30.1. The summed E-state index contributed by atoms with van der Waals surface area (Å²) in [6.07, 6.45) is 3.64. The molecule has 11 rings (SSSR count). The molecule has 0 spiro atoms. The van der Waals surface area contributed by atoms with Crippen molar-refractivity contribution >= 4 is 43.9 Å². The van der Waals surface area contributed by atoms with E-state index < -0.39 is 0 Å². The molecule has 0 saturated heterocycles. The molecule has 0 saturated carbocycles. The van der Waals surface area contributed by atoms with Crippen molar-refractivity contribution in [3.05, 3.63) is 188 Å². The monoisotopic (exact) mass is 717 g/mol. The first kappa shape index (κ1) is 31.9. The summed E-state index contributed by atoms with van der Waals surface area (Å²) in [5.74, 6) is 0.618. The van der Waals surface area contributed by atoms with E-state index >= 15 is 0 Å². The Morgan fingerprint density at radius 2 is 0.804 bits per heavy atom. The predicted molar refractivity (Wildman–Crippen MR) is 227 cm³/mol. The molecule has 5 nitrogen and oxygen atoms in total. The molecule has 0 aliphatic heterocycles. The van der Waals surface area contributed by atoms with Crippen molar-refractivity contribution in [1.29, 1.82) is 0 Å². The van der Waals surface area contributed by atoms with Gasteiger partial charge in [-0.05, 0) is 76.9 Å². The van der Waals surface area contributed by atoms with Crippen LogP contribution in [0.5, 0.6) is 0 Å². The van der Waals surface area contributed by atoms with Crippen molar-refractivity contribution in [1.82, 2.24) is 15.0 Å². The minimum Gasteiger partial charge on any atom is -0.455 e. The van der Waals surface area contributed by atoms with Gasteiger partial charge in [0.05, 0.1) is 11.4 Å². The number of para-hydroxylation sites is 4. The summed E-state index contributed by atoms with van der Waals surface area (Å²) < 4.78 is 13.2. The van der Waals surface area contributed by atoms with Crippen molar-refractivity contribution < 1.29 is 8.83 Å². The van der Waals surface area contributed by atoms with E-state index in [2.05, 4.69) is 126 Å². The maximum atomic E-state index is 6.59. The summed E-state index contributed by atoms with van der Waals surface area (Å²) in [5.41, 5.74) is 14.1. The molecule has 0 amide bonds. The summed E-state index contributed by atoms with van der Waals surface area (Å²) in [6, 6.07) is 60.7. The third-order valence-electron chi connectivity index (χ3n) is 10.6. The van der Waals surface area contributed by atoms with E-state index in [9.17, 15) is 0 Å². The molecule has 0 radical (unpaired) electrons. The summed E-state index contributed by atoms with van der Waals surface area (Å²) in [6.45, 7) is 0. The Bertz CT molecular complexity index is 3120. The van der Waals surface area contributed by atoms with Crippen LogP contribution in [0.25, 0.3) is 111 Å². The quantitative estimate of drug-likeness (QED) is 0.171. The maximum Gasteiger partial charge on any atom is 0.160 e. The number of aromatic nitrogens is 3. The lowest BCUT2D eigenvalue weighted by molar-refractivity contribution is 0.670. The van der Waals surface area contributed by atoms with Crippen LogP contribution in [0.4, 0.5) is 0 Å². The number of hydrogen-bond donors (Lipinski definition) is 0. The van der Waals surface area contributed by atoms with Gasteiger partial charge < -0.3 is 8.83 Å². The molecule has 0 fully saturated rings. The van der Waals surface area contributed by atoms with Crippen LogP contribution in [0.15, 0.2) is 197 Å². The normalized spacial score (nSPS) is 11.6. The van der Waals surface area contributed by atoms with Crippen LogP contribution in [0.1, 0.15) is 0 Å². The fourth-order valence-corrected chi connectivity index (χ4v) is 7.90. The SMILES string of the molecule is c1ccc(-c2cc(-c3cccc(-c4ccncc4)c3)nc(-c3cc(-c4cccc5c4oc4ccccc45)cc(-c4cccc5c4oc4ccccc45)c3)n2)cc1. The Morgan fingerprint density at radius 1 is 0.321 bits per heavy atom. The Hall–Kier alpha value is -7.63. The molecule has 0 bridgehead atoms. The molecule has 0 N–H and O–H groups in total. The van der Waals surface area contributed by atoms with Crippen molar-refractivity contribution in [3.8, 4) is 67.3 Å². The van der Waals surface area contributed by atoms with Crippen LogP contribution in [0, 0.1) is 0 Å². The first-order valence-electron chi connectivity index (χ1n) is 18.7. The molecule has 0 aliphatic carbocycles. The second kappa shape index (κ2) is 13.0. The second-order valence-corrected chi connectivity index (χ2v) is 14.0. The number of fused-ring (bicyclic) bond motifs is 6.